The van der Waals surface area contributed by atoms with Gasteiger partial charge in [0.1, 0.15) is 6.04 Å². The lowest BCUT2D eigenvalue weighted by Gasteiger charge is -2.47. The van der Waals surface area contributed by atoms with E-state index in [9.17, 15) is 24.3 Å². The first-order valence-electron chi connectivity index (χ1n) is 11.6. The van der Waals surface area contributed by atoms with Crippen LogP contribution in [0, 0.1) is 5.92 Å². The maximum atomic E-state index is 13.6. The number of hydrogen-bond acceptors (Lipinski definition) is 5. The molecule has 1 atom stereocenters. The molecule has 2 aliphatic heterocycles. The summed E-state index contributed by atoms with van der Waals surface area (Å²) in [5, 5.41) is 12.0. The van der Waals surface area contributed by atoms with Gasteiger partial charge in [-0.05, 0) is 44.2 Å². The molecular formula is C24H34N4O5. The normalized spacial score (nSPS) is 18.8. The Bertz CT molecular complexity index is 861. The van der Waals surface area contributed by atoms with Crippen molar-refractivity contribution in [3.05, 3.63) is 35.9 Å². The summed E-state index contributed by atoms with van der Waals surface area (Å²) >= 11 is 0. The van der Waals surface area contributed by atoms with E-state index in [1.807, 2.05) is 30.3 Å². The summed E-state index contributed by atoms with van der Waals surface area (Å²) < 4.78 is 0. The first kappa shape index (κ1) is 24.7. The average molecular weight is 459 g/mol. The summed E-state index contributed by atoms with van der Waals surface area (Å²) in [5.74, 6) is -1.86. The minimum atomic E-state index is -0.883. The van der Waals surface area contributed by atoms with Crippen LogP contribution < -0.4 is 11.1 Å². The molecule has 0 spiro atoms. The van der Waals surface area contributed by atoms with Crippen molar-refractivity contribution in [1.82, 2.24) is 15.1 Å². The molecule has 0 aromatic heterocycles. The molecule has 0 aliphatic carbocycles. The standard InChI is InChI=1S/C24H34N4O5/c1-17(29)26-20(9-5-6-12-25)21(30)27-13-10-24(11-14-27,19-7-3-2-4-8-19)23(33)28-15-18(16-28)22(31)32/h2-4,7-8,18,20H,5-6,9-16,25H2,1H3,(H,26,29)(H,31,32)/t20-/m0/s1. The molecule has 3 amide bonds. The molecule has 2 heterocycles. The molecule has 2 aliphatic rings. The molecule has 3 rings (SSSR count). The van der Waals surface area contributed by atoms with Gasteiger partial charge in [-0.25, -0.2) is 0 Å². The van der Waals surface area contributed by atoms with Gasteiger partial charge in [-0.3, -0.25) is 19.2 Å². The van der Waals surface area contributed by atoms with Gasteiger partial charge in [0.2, 0.25) is 17.7 Å². The van der Waals surface area contributed by atoms with Crippen molar-refractivity contribution in [2.45, 2.75) is 50.5 Å². The number of benzene rings is 1. The summed E-state index contributed by atoms with van der Waals surface area (Å²) in [6.45, 7) is 3.15. The zero-order valence-electron chi connectivity index (χ0n) is 19.2. The summed E-state index contributed by atoms with van der Waals surface area (Å²) in [5.41, 5.74) is 5.67. The molecular weight excluding hydrogens is 424 g/mol. The van der Waals surface area contributed by atoms with Crippen LogP contribution in [0.15, 0.2) is 30.3 Å². The van der Waals surface area contributed by atoms with Crippen molar-refractivity contribution in [3.63, 3.8) is 0 Å². The number of piperidine rings is 1. The molecule has 2 fully saturated rings. The highest BCUT2D eigenvalue weighted by atomic mass is 16.4. The number of carboxylic acid groups (broad SMARTS) is 1. The Labute approximate surface area is 194 Å². The fourth-order valence-electron chi connectivity index (χ4n) is 4.81. The van der Waals surface area contributed by atoms with Crippen LogP contribution in [0.2, 0.25) is 0 Å². The highest BCUT2D eigenvalue weighted by Gasteiger charge is 2.49. The second kappa shape index (κ2) is 10.8. The lowest BCUT2D eigenvalue weighted by Crippen LogP contribution is -2.61. The van der Waals surface area contributed by atoms with Crippen molar-refractivity contribution < 1.29 is 24.3 Å². The van der Waals surface area contributed by atoms with Crippen LogP contribution in [-0.2, 0) is 24.6 Å². The molecule has 0 radical (unpaired) electrons. The molecule has 9 nitrogen and oxygen atoms in total. The van der Waals surface area contributed by atoms with E-state index in [2.05, 4.69) is 5.32 Å². The number of carbonyl (C=O) groups is 4. The second-order valence-electron chi connectivity index (χ2n) is 9.06. The van der Waals surface area contributed by atoms with Gasteiger partial charge in [-0.2, -0.15) is 0 Å². The molecule has 0 saturated carbocycles. The number of likely N-dealkylation sites (tertiary alicyclic amines) is 2. The third-order valence-corrected chi connectivity index (χ3v) is 6.80. The minimum Gasteiger partial charge on any atom is -0.481 e. The van der Waals surface area contributed by atoms with Crippen LogP contribution in [-0.4, -0.2) is 77.4 Å². The Morgan fingerprint density at radius 3 is 2.27 bits per heavy atom. The molecule has 0 unspecified atom stereocenters. The van der Waals surface area contributed by atoms with Crippen LogP contribution >= 0.6 is 0 Å². The highest BCUT2D eigenvalue weighted by Crippen LogP contribution is 2.39. The topological polar surface area (TPSA) is 133 Å². The summed E-state index contributed by atoms with van der Waals surface area (Å²) in [4.78, 5) is 52.9. The highest BCUT2D eigenvalue weighted by molar-refractivity contribution is 5.91. The Morgan fingerprint density at radius 2 is 1.73 bits per heavy atom. The van der Waals surface area contributed by atoms with Gasteiger partial charge < -0.3 is 26.0 Å². The number of nitrogens with two attached hydrogens (primary N) is 1. The maximum Gasteiger partial charge on any atom is 0.310 e. The Hall–Kier alpha value is -2.94. The van der Waals surface area contributed by atoms with Gasteiger partial charge in [-0.15, -0.1) is 0 Å². The van der Waals surface area contributed by atoms with Gasteiger partial charge in [0.25, 0.3) is 0 Å². The first-order valence-corrected chi connectivity index (χ1v) is 11.6. The van der Waals surface area contributed by atoms with E-state index in [-0.39, 0.29) is 30.8 Å². The Kier molecular flexibility index (Phi) is 8.07. The molecule has 4 N–H and O–H groups in total. The first-order chi connectivity index (χ1) is 15.8. The third-order valence-electron chi connectivity index (χ3n) is 6.80. The number of amides is 3. The van der Waals surface area contributed by atoms with Gasteiger partial charge in [0.05, 0.1) is 11.3 Å². The summed E-state index contributed by atoms with van der Waals surface area (Å²) in [6, 6.07) is 8.93. The van der Waals surface area contributed by atoms with Gasteiger partial charge in [-0.1, -0.05) is 30.3 Å². The third kappa shape index (κ3) is 5.52. The lowest BCUT2D eigenvalue weighted by atomic mass is 9.70. The molecule has 33 heavy (non-hydrogen) atoms. The number of rotatable bonds is 9. The zero-order valence-corrected chi connectivity index (χ0v) is 19.2. The predicted octanol–water partition coefficient (Wildman–Crippen LogP) is 0.724. The fourth-order valence-corrected chi connectivity index (χ4v) is 4.81. The number of aliphatic carboxylic acids is 1. The quantitative estimate of drug-likeness (QED) is 0.467. The van der Waals surface area contributed by atoms with E-state index in [0.29, 0.717) is 38.9 Å². The molecule has 9 heteroatoms. The molecule has 1 aromatic rings. The minimum absolute atomic E-state index is 0.0698. The largest absolute Gasteiger partial charge is 0.481 e. The lowest BCUT2D eigenvalue weighted by molar-refractivity contribution is -0.157. The van der Waals surface area contributed by atoms with Crippen molar-refractivity contribution in [2.24, 2.45) is 11.7 Å². The van der Waals surface area contributed by atoms with Crippen LogP contribution in [0.5, 0.6) is 0 Å². The van der Waals surface area contributed by atoms with Crippen molar-refractivity contribution in [2.75, 3.05) is 32.7 Å². The van der Waals surface area contributed by atoms with E-state index < -0.39 is 23.3 Å². The summed E-state index contributed by atoms with van der Waals surface area (Å²) in [6.07, 6.45) is 2.95. The Balaban J connectivity index is 1.73. The molecule has 180 valence electrons. The number of hydrogen-bond donors (Lipinski definition) is 3. The zero-order chi connectivity index (χ0) is 24.0. The molecule has 1 aromatic carbocycles. The Morgan fingerprint density at radius 1 is 1.09 bits per heavy atom. The van der Waals surface area contributed by atoms with Crippen molar-refractivity contribution >= 4 is 23.7 Å². The van der Waals surface area contributed by atoms with Crippen LogP contribution in [0.25, 0.3) is 0 Å². The predicted molar refractivity (Wildman–Crippen MR) is 122 cm³/mol. The van der Waals surface area contributed by atoms with Crippen molar-refractivity contribution in [1.29, 1.82) is 0 Å². The van der Waals surface area contributed by atoms with E-state index in [1.54, 1.807) is 9.80 Å². The van der Waals surface area contributed by atoms with Gasteiger partial charge in [0, 0.05) is 33.1 Å². The van der Waals surface area contributed by atoms with E-state index in [1.165, 1.54) is 6.92 Å². The van der Waals surface area contributed by atoms with E-state index >= 15 is 0 Å². The molecule has 0 bridgehead atoms. The number of unbranched alkanes of at least 4 members (excludes halogenated alkanes) is 1. The SMILES string of the molecule is CC(=O)N[C@@H](CCCCN)C(=O)N1CCC(C(=O)N2CC(C(=O)O)C2)(c2ccccc2)CC1. The second-order valence-corrected chi connectivity index (χ2v) is 9.06. The smallest absolute Gasteiger partial charge is 0.310 e. The number of carboxylic acids is 1. The molecule has 2 saturated heterocycles. The average Bonchev–Trinajstić information content (AvgIpc) is 2.77. The van der Waals surface area contributed by atoms with Crippen LogP contribution in [0.1, 0.15) is 44.6 Å². The van der Waals surface area contributed by atoms with E-state index in [0.717, 1.165) is 18.4 Å². The van der Waals surface area contributed by atoms with Crippen molar-refractivity contribution in [3.8, 4) is 0 Å². The monoisotopic (exact) mass is 458 g/mol. The van der Waals surface area contributed by atoms with Gasteiger partial charge >= 0.3 is 5.97 Å². The van der Waals surface area contributed by atoms with Gasteiger partial charge in [0.15, 0.2) is 0 Å². The number of nitrogens with one attached hydrogen (secondary N) is 1. The van der Waals surface area contributed by atoms with Crippen LogP contribution in [0.3, 0.4) is 0 Å². The van der Waals surface area contributed by atoms with E-state index in [4.69, 9.17) is 5.73 Å². The number of carbonyl (C=O) groups excluding carboxylic acids is 3. The maximum absolute atomic E-state index is 13.6. The van der Waals surface area contributed by atoms with Crippen LogP contribution in [0.4, 0.5) is 0 Å². The summed E-state index contributed by atoms with van der Waals surface area (Å²) in [7, 11) is 0. The fraction of sp³-hybridized carbons (Fsp3) is 0.583. The number of nitrogens with zero attached hydrogens (tertiary/aromatic N) is 2.